The minimum atomic E-state index is -0.623. The molecule has 1 amide bonds. The number of nitro groups is 1. The molecule has 6 nitrogen and oxygen atoms in total. The lowest BCUT2D eigenvalue weighted by Gasteiger charge is -2.07. The minimum absolute atomic E-state index is 0.0436. The average Bonchev–Trinajstić information content (AvgIpc) is 3.11. The maximum Gasteiger partial charge on any atom is 0.283 e. The highest BCUT2D eigenvalue weighted by atomic mass is 35.5. The summed E-state index contributed by atoms with van der Waals surface area (Å²) >= 11 is 7.45. The molecule has 0 radical (unpaired) electrons. The molecule has 29 heavy (non-hydrogen) atoms. The van der Waals surface area contributed by atoms with Crippen molar-refractivity contribution in [1.82, 2.24) is 4.98 Å². The molecule has 0 aliphatic heterocycles. The van der Waals surface area contributed by atoms with E-state index in [4.69, 9.17) is 11.6 Å². The van der Waals surface area contributed by atoms with Gasteiger partial charge in [0.15, 0.2) is 0 Å². The highest BCUT2D eigenvalue weighted by molar-refractivity contribution is 7.18. The number of para-hydroxylation sites is 1. The summed E-state index contributed by atoms with van der Waals surface area (Å²) in [7, 11) is 0. The molecule has 4 rings (SSSR count). The maximum absolute atomic E-state index is 12.5. The van der Waals surface area contributed by atoms with Gasteiger partial charge in [-0.15, -0.1) is 11.3 Å². The Hall–Kier alpha value is -3.29. The molecule has 0 aliphatic rings. The van der Waals surface area contributed by atoms with Gasteiger partial charge in [0.1, 0.15) is 5.56 Å². The Labute approximate surface area is 174 Å². The van der Waals surface area contributed by atoms with E-state index in [1.165, 1.54) is 12.1 Å². The fourth-order valence-corrected chi connectivity index (χ4v) is 4.09. The number of fused-ring (bicyclic) bond motifs is 1. The first kappa shape index (κ1) is 19.0. The number of thiazole rings is 1. The Kier molecular flexibility index (Phi) is 5.24. The zero-order valence-electron chi connectivity index (χ0n) is 15.0. The lowest BCUT2D eigenvalue weighted by molar-refractivity contribution is -0.385. The van der Waals surface area contributed by atoms with E-state index in [9.17, 15) is 14.9 Å². The van der Waals surface area contributed by atoms with Gasteiger partial charge in [-0.3, -0.25) is 14.9 Å². The van der Waals surface area contributed by atoms with E-state index in [2.05, 4.69) is 10.3 Å². The van der Waals surface area contributed by atoms with Crippen molar-refractivity contribution in [1.29, 1.82) is 0 Å². The van der Waals surface area contributed by atoms with E-state index in [-0.39, 0.29) is 16.3 Å². The lowest BCUT2D eigenvalue weighted by Crippen LogP contribution is -2.14. The highest BCUT2D eigenvalue weighted by Crippen LogP contribution is 2.26. The third kappa shape index (κ3) is 4.26. The van der Waals surface area contributed by atoms with Crippen LogP contribution in [0.2, 0.25) is 5.02 Å². The predicted octanol–water partition coefficient (Wildman–Crippen LogP) is 5.70. The summed E-state index contributed by atoms with van der Waals surface area (Å²) < 4.78 is 1.15. The van der Waals surface area contributed by atoms with Crippen LogP contribution in [0.25, 0.3) is 10.2 Å². The van der Waals surface area contributed by atoms with Crippen molar-refractivity contribution in [3.63, 3.8) is 0 Å². The van der Waals surface area contributed by atoms with Crippen molar-refractivity contribution in [3.05, 3.63) is 98.0 Å². The smallest absolute Gasteiger partial charge is 0.283 e. The molecule has 8 heteroatoms. The second-order valence-corrected chi connectivity index (χ2v) is 7.87. The van der Waals surface area contributed by atoms with Gasteiger partial charge in [0, 0.05) is 23.2 Å². The summed E-state index contributed by atoms with van der Waals surface area (Å²) in [6.07, 6.45) is 0.691. The van der Waals surface area contributed by atoms with Crippen LogP contribution in [0.3, 0.4) is 0 Å². The average molecular weight is 424 g/mol. The molecule has 3 aromatic carbocycles. The Morgan fingerprint density at radius 1 is 1.10 bits per heavy atom. The highest BCUT2D eigenvalue weighted by Gasteiger charge is 2.20. The van der Waals surface area contributed by atoms with Crippen LogP contribution in [-0.2, 0) is 6.42 Å². The molecule has 0 aliphatic carbocycles. The molecule has 0 spiro atoms. The van der Waals surface area contributed by atoms with Gasteiger partial charge in [-0.2, -0.15) is 0 Å². The summed E-state index contributed by atoms with van der Waals surface area (Å²) in [6, 6.07) is 19.3. The molecule has 0 unspecified atom stereocenters. The first-order valence-electron chi connectivity index (χ1n) is 8.68. The Morgan fingerprint density at radius 3 is 2.59 bits per heavy atom. The number of carbonyl (C=O) groups is 1. The van der Waals surface area contributed by atoms with E-state index in [1.54, 1.807) is 23.5 Å². The van der Waals surface area contributed by atoms with Crippen molar-refractivity contribution in [3.8, 4) is 0 Å². The minimum Gasteiger partial charge on any atom is -0.322 e. The summed E-state index contributed by atoms with van der Waals surface area (Å²) in [5.41, 5.74) is 2.22. The van der Waals surface area contributed by atoms with E-state index in [1.807, 2.05) is 36.4 Å². The zero-order chi connectivity index (χ0) is 20.4. The van der Waals surface area contributed by atoms with Crippen LogP contribution >= 0.6 is 22.9 Å². The molecule has 0 saturated carbocycles. The van der Waals surface area contributed by atoms with Gasteiger partial charge < -0.3 is 5.32 Å². The second-order valence-electron chi connectivity index (χ2n) is 6.32. The number of anilines is 1. The van der Waals surface area contributed by atoms with Crippen molar-refractivity contribution in [2.75, 3.05) is 5.32 Å². The topological polar surface area (TPSA) is 85.1 Å². The van der Waals surface area contributed by atoms with Gasteiger partial charge in [-0.25, -0.2) is 4.98 Å². The normalized spacial score (nSPS) is 10.8. The number of nitro benzene ring substituents is 1. The maximum atomic E-state index is 12.5. The monoisotopic (exact) mass is 423 g/mol. The summed E-state index contributed by atoms with van der Waals surface area (Å²) in [5.74, 6) is -0.563. The van der Waals surface area contributed by atoms with Crippen LogP contribution in [0.1, 0.15) is 20.9 Å². The Balaban J connectivity index is 1.48. The summed E-state index contributed by atoms with van der Waals surface area (Å²) in [4.78, 5) is 27.6. The van der Waals surface area contributed by atoms with Crippen molar-refractivity contribution >= 4 is 50.4 Å². The fourth-order valence-electron chi connectivity index (χ4n) is 2.92. The van der Waals surface area contributed by atoms with Crippen LogP contribution < -0.4 is 5.32 Å². The number of nitrogens with one attached hydrogen (secondary N) is 1. The fraction of sp³-hybridized carbons (Fsp3) is 0.0476. The van der Waals surface area contributed by atoms with Crippen molar-refractivity contribution in [2.45, 2.75) is 6.42 Å². The van der Waals surface area contributed by atoms with E-state index < -0.39 is 10.8 Å². The third-order valence-electron chi connectivity index (χ3n) is 4.31. The summed E-state index contributed by atoms with van der Waals surface area (Å²) in [6.45, 7) is 0. The molecule has 4 aromatic rings. The number of aromatic nitrogens is 1. The molecule has 1 heterocycles. The quantitative estimate of drug-likeness (QED) is 0.329. The first-order valence-corrected chi connectivity index (χ1v) is 9.88. The molecule has 0 bridgehead atoms. The predicted molar refractivity (Wildman–Crippen MR) is 115 cm³/mol. The second kappa shape index (κ2) is 7.98. The number of halogens is 1. The van der Waals surface area contributed by atoms with Gasteiger partial charge in [0.2, 0.25) is 0 Å². The number of rotatable bonds is 5. The van der Waals surface area contributed by atoms with Crippen LogP contribution in [0.5, 0.6) is 0 Å². The van der Waals surface area contributed by atoms with Gasteiger partial charge in [0.05, 0.1) is 20.1 Å². The lowest BCUT2D eigenvalue weighted by atomic mass is 10.1. The van der Waals surface area contributed by atoms with Crippen LogP contribution in [0.15, 0.2) is 66.7 Å². The first-order chi connectivity index (χ1) is 14.0. The molecule has 1 aromatic heterocycles. The van der Waals surface area contributed by atoms with Gasteiger partial charge >= 0.3 is 0 Å². The Bertz CT molecular complexity index is 1190. The molecule has 0 saturated heterocycles. The largest absolute Gasteiger partial charge is 0.322 e. The van der Waals surface area contributed by atoms with Crippen molar-refractivity contribution < 1.29 is 9.72 Å². The van der Waals surface area contributed by atoms with Crippen LogP contribution in [0.4, 0.5) is 11.4 Å². The number of carbonyl (C=O) groups excluding carboxylic acids is 1. The molecule has 144 valence electrons. The van der Waals surface area contributed by atoms with E-state index >= 15 is 0 Å². The molecule has 0 fully saturated rings. The van der Waals surface area contributed by atoms with Gasteiger partial charge in [-0.05, 0) is 42.0 Å². The van der Waals surface area contributed by atoms with Crippen LogP contribution in [-0.4, -0.2) is 15.8 Å². The third-order valence-corrected chi connectivity index (χ3v) is 5.58. The SMILES string of the molecule is O=C(Nc1ccc(Cc2nc3ccccc3s2)cc1)c1ccc(Cl)cc1[N+](=O)[O-]. The zero-order valence-corrected chi connectivity index (χ0v) is 16.5. The molecule has 1 N–H and O–H groups in total. The van der Waals surface area contributed by atoms with Crippen LogP contribution in [0, 0.1) is 10.1 Å². The van der Waals surface area contributed by atoms with Gasteiger partial charge in [0.25, 0.3) is 11.6 Å². The summed E-state index contributed by atoms with van der Waals surface area (Å²) in [5, 5.41) is 15.1. The van der Waals surface area contributed by atoms with E-state index in [0.717, 1.165) is 26.9 Å². The number of benzene rings is 3. The standard InChI is InChI=1S/C21H14ClN3O3S/c22-14-7-10-16(18(12-14)25(27)28)21(26)23-15-8-5-13(6-9-15)11-20-24-17-3-1-2-4-19(17)29-20/h1-10,12H,11H2,(H,23,26). The van der Waals surface area contributed by atoms with Gasteiger partial charge in [-0.1, -0.05) is 35.9 Å². The number of hydrogen-bond acceptors (Lipinski definition) is 5. The van der Waals surface area contributed by atoms with Crippen molar-refractivity contribution in [2.24, 2.45) is 0 Å². The number of amides is 1. The Morgan fingerprint density at radius 2 is 1.86 bits per heavy atom. The molecular formula is C21H14ClN3O3S. The van der Waals surface area contributed by atoms with E-state index in [0.29, 0.717) is 12.1 Å². The number of hydrogen-bond donors (Lipinski definition) is 1. The number of nitrogens with zero attached hydrogens (tertiary/aromatic N) is 2. The molecule has 0 atom stereocenters. The molecular weight excluding hydrogens is 410 g/mol.